The molecule has 0 saturated carbocycles. The Labute approximate surface area is 249 Å². The summed E-state index contributed by atoms with van der Waals surface area (Å²) in [7, 11) is 0. The van der Waals surface area contributed by atoms with Crippen LogP contribution in [0.3, 0.4) is 0 Å². The average molecular weight is 587 g/mol. The van der Waals surface area contributed by atoms with Gasteiger partial charge in [-0.05, 0) is 88.4 Å². The zero-order chi connectivity index (χ0) is 31.1. The predicted octanol–water partition coefficient (Wildman–Crippen LogP) is 12.4. The Bertz CT molecular complexity index is 1200. The molecular formula is C36H43ClF4. The molecule has 0 spiro atoms. The summed E-state index contributed by atoms with van der Waals surface area (Å²) in [6, 6.07) is 25.4. The molecule has 0 N–H and O–H groups in total. The fourth-order valence-electron chi connectivity index (χ4n) is 3.52. The molecule has 0 aromatic heterocycles. The van der Waals surface area contributed by atoms with E-state index in [9.17, 15) is 17.6 Å². The number of halogens is 5. The minimum absolute atomic E-state index is 0.147. The van der Waals surface area contributed by atoms with Gasteiger partial charge in [0.25, 0.3) is 0 Å². The second-order valence-corrected chi connectivity index (χ2v) is 11.4. The van der Waals surface area contributed by atoms with Gasteiger partial charge in [0, 0.05) is 11.1 Å². The maximum atomic E-state index is 12.7. The van der Waals surface area contributed by atoms with E-state index >= 15 is 0 Å². The highest BCUT2D eigenvalue weighted by Gasteiger charge is 2.03. The van der Waals surface area contributed by atoms with Crippen LogP contribution in [0.25, 0.3) is 0 Å². The van der Waals surface area contributed by atoms with E-state index < -0.39 is 11.6 Å². The van der Waals surface area contributed by atoms with Crippen molar-refractivity contribution in [1.82, 2.24) is 0 Å². The molecule has 0 aliphatic heterocycles. The minimum Gasteiger partial charge on any atom is -0.207 e. The monoisotopic (exact) mass is 586 g/mol. The van der Waals surface area contributed by atoms with Crippen LogP contribution in [-0.4, -0.2) is 0 Å². The van der Waals surface area contributed by atoms with E-state index in [1.54, 1.807) is 18.2 Å². The molecule has 0 nitrogen and oxygen atoms in total. The van der Waals surface area contributed by atoms with Crippen LogP contribution >= 0.6 is 11.6 Å². The quantitative estimate of drug-likeness (QED) is 0.209. The van der Waals surface area contributed by atoms with Crippen molar-refractivity contribution in [3.05, 3.63) is 142 Å². The van der Waals surface area contributed by atoms with Crippen LogP contribution in [0.2, 0.25) is 5.02 Å². The average Bonchev–Trinajstić information content (AvgIpc) is 2.89. The molecule has 0 heterocycles. The Kier molecular flexibility index (Phi) is 16.1. The lowest BCUT2D eigenvalue weighted by molar-refractivity contribution is 0.577. The van der Waals surface area contributed by atoms with Crippen molar-refractivity contribution in [2.75, 3.05) is 0 Å². The normalized spacial score (nSPS) is 10.5. The first-order chi connectivity index (χ1) is 19.2. The lowest BCUT2D eigenvalue weighted by Crippen LogP contribution is -1.90. The molecule has 41 heavy (non-hydrogen) atoms. The third-order valence-electron chi connectivity index (χ3n) is 6.08. The van der Waals surface area contributed by atoms with E-state index in [-0.39, 0.29) is 17.6 Å². The van der Waals surface area contributed by atoms with Crippen molar-refractivity contribution in [2.45, 2.75) is 79.1 Å². The predicted molar refractivity (Wildman–Crippen MR) is 167 cm³/mol. The van der Waals surface area contributed by atoms with Gasteiger partial charge in [0.2, 0.25) is 0 Å². The van der Waals surface area contributed by atoms with Gasteiger partial charge in [-0.25, -0.2) is 17.6 Å². The van der Waals surface area contributed by atoms with Crippen molar-refractivity contribution >= 4 is 11.6 Å². The molecule has 0 bridgehead atoms. The maximum Gasteiger partial charge on any atom is 0.126 e. The Hall–Kier alpha value is -3.11. The Morgan fingerprint density at radius 1 is 0.390 bits per heavy atom. The Balaban J connectivity index is 0.000000274. The van der Waals surface area contributed by atoms with Crippen LogP contribution in [0.5, 0.6) is 0 Å². The van der Waals surface area contributed by atoms with Crippen molar-refractivity contribution in [3.8, 4) is 0 Å². The molecule has 0 aliphatic rings. The molecule has 4 aromatic carbocycles. The lowest BCUT2D eigenvalue weighted by Gasteiger charge is -2.04. The molecule has 5 heteroatoms. The summed E-state index contributed by atoms with van der Waals surface area (Å²) in [4.78, 5) is 0. The second-order valence-electron chi connectivity index (χ2n) is 11.0. The minimum atomic E-state index is -0.506. The first-order valence-corrected chi connectivity index (χ1v) is 14.3. The van der Waals surface area contributed by atoms with Crippen LogP contribution in [-0.2, 0) is 0 Å². The van der Waals surface area contributed by atoms with Crippen molar-refractivity contribution in [1.29, 1.82) is 0 Å². The molecule has 0 atom stereocenters. The van der Waals surface area contributed by atoms with Crippen LogP contribution in [0.4, 0.5) is 17.6 Å². The van der Waals surface area contributed by atoms with E-state index in [0.717, 1.165) is 17.2 Å². The van der Waals surface area contributed by atoms with Crippen LogP contribution in [0.1, 0.15) is 101 Å². The highest BCUT2D eigenvalue weighted by atomic mass is 35.5. The van der Waals surface area contributed by atoms with Crippen molar-refractivity contribution in [3.63, 3.8) is 0 Å². The van der Waals surface area contributed by atoms with Gasteiger partial charge in [0.05, 0.1) is 0 Å². The standard InChI is InChI=1S/C9H10ClF.C9H10F2.C9H11F.C9H12/c2*1-6(2)7-3-8(10)5-9(11)4-7;1-7(2)8-4-3-5-9(10)6-8;1-8(2)9-6-4-3-5-7-9/h2*3-6H,1-2H3;3-7H,1-2H3;3-8H,1-2H3. The summed E-state index contributed by atoms with van der Waals surface area (Å²) in [6.45, 7) is 16.3. The van der Waals surface area contributed by atoms with Crippen LogP contribution < -0.4 is 0 Å². The summed E-state index contributed by atoms with van der Waals surface area (Å²) >= 11 is 5.65. The third kappa shape index (κ3) is 14.9. The Morgan fingerprint density at radius 3 is 1.15 bits per heavy atom. The van der Waals surface area contributed by atoms with E-state index in [0.29, 0.717) is 28.3 Å². The number of benzene rings is 4. The summed E-state index contributed by atoms with van der Waals surface area (Å²) in [5.74, 6) is 0.139. The van der Waals surface area contributed by atoms with Crippen LogP contribution in [0.15, 0.2) is 91.0 Å². The van der Waals surface area contributed by atoms with Gasteiger partial charge >= 0.3 is 0 Å². The molecule has 0 fully saturated rings. The van der Waals surface area contributed by atoms with Crippen molar-refractivity contribution < 1.29 is 17.6 Å². The van der Waals surface area contributed by atoms with Gasteiger partial charge in [0.1, 0.15) is 23.3 Å². The van der Waals surface area contributed by atoms with E-state index in [2.05, 4.69) is 52.0 Å². The molecule has 4 aromatic rings. The second kappa shape index (κ2) is 18.3. The topological polar surface area (TPSA) is 0 Å². The van der Waals surface area contributed by atoms with Crippen molar-refractivity contribution in [2.24, 2.45) is 0 Å². The molecule has 222 valence electrons. The largest absolute Gasteiger partial charge is 0.207 e. The van der Waals surface area contributed by atoms with Gasteiger partial charge in [-0.2, -0.15) is 0 Å². The van der Waals surface area contributed by atoms with Crippen LogP contribution in [0, 0.1) is 23.3 Å². The smallest absolute Gasteiger partial charge is 0.126 e. The number of hydrogen-bond donors (Lipinski definition) is 0. The summed E-state index contributed by atoms with van der Waals surface area (Å²) in [5.41, 5.74) is 4.11. The molecule has 0 aliphatic carbocycles. The highest BCUT2D eigenvalue weighted by Crippen LogP contribution is 2.20. The highest BCUT2D eigenvalue weighted by molar-refractivity contribution is 6.30. The van der Waals surface area contributed by atoms with E-state index in [4.69, 9.17) is 11.6 Å². The SMILES string of the molecule is CC(C)c1cc(F)cc(Cl)c1.CC(C)c1cc(F)cc(F)c1.CC(C)c1cccc(F)c1.CC(C)c1ccccc1. The van der Waals surface area contributed by atoms with Gasteiger partial charge in [-0.1, -0.05) is 109 Å². The maximum absolute atomic E-state index is 12.7. The zero-order valence-corrected chi connectivity index (χ0v) is 26.1. The first kappa shape index (κ1) is 35.9. The zero-order valence-electron chi connectivity index (χ0n) is 25.4. The summed E-state index contributed by atoms with van der Waals surface area (Å²) < 4.78 is 50.3. The fourth-order valence-corrected chi connectivity index (χ4v) is 3.75. The third-order valence-corrected chi connectivity index (χ3v) is 6.30. The lowest BCUT2D eigenvalue weighted by atomic mass is 10.0. The summed E-state index contributed by atoms with van der Waals surface area (Å²) in [6.07, 6.45) is 0. The Morgan fingerprint density at radius 2 is 0.780 bits per heavy atom. The first-order valence-electron chi connectivity index (χ1n) is 13.9. The number of rotatable bonds is 4. The van der Waals surface area contributed by atoms with E-state index in [1.165, 1.54) is 35.9 Å². The van der Waals surface area contributed by atoms with E-state index in [1.807, 2.05) is 39.8 Å². The molecule has 0 saturated heterocycles. The summed E-state index contributed by atoms with van der Waals surface area (Å²) in [5, 5.41) is 0.466. The van der Waals surface area contributed by atoms with Gasteiger partial charge in [-0.15, -0.1) is 0 Å². The van der Waals surface area contributed by atoms with Gasteiger partial charge < -0.3 is 0 Å². The number of hydrogen-bond acceptors (Lipinski definition) is 0. The van der Waals surface area contributed by atoms with Gasteiger partial charge in [-0.3, -0.25) is 0 Å². The fraction of sp³-hybridized carbons (Fsp3) is 0.333. The molecule has 0 radical (unpaired) electrons. The molecule has 4 rings (SSSR count). The van der Waals surface area contributed by atoms with Gasteiger partial charge in [0.15, 0.2) is 0 Å². The molecule has 0 amide bonds. The molecular weight excluding hydrogens is 544 g/mol. The molecule has 0 unspecified atom stereocenters.